The van der Waals surface area contributed by atoms with E-state index in [9.17, 15) is 4.79 Å². The van der Waals surface area contributed by atoms with Crippen LogP contribution in [0.15, 0.2) is 21.3 Å². The van der Waals surface area contributed by atoms with E-state index < -0.39 is 0 Å². The molecular formula is C13H17N3O2S. The van der Waals surface area contributed by atoms with Gasteiger partial charge in [-0.2, -0.15) is 0 Å². The molecule has 0 unspecified atom stereocenters. The van der Waals surface area contributed by atoms with Gasteiger partial charge in [0.25, 0.3) is 16.3 Å². The molecule has 2 rings (SSSR count). The monoisotopic (exact) mass is 279 g/mol. The van der Waals surface area contributed by atoms with E-state index in [4.69, 9.17) is 16.6 Å². The molecule has 0 amide bonds. The highest BCUT2D eigenvalue weighted by Crippen LogP contribution is 2.13. The van der Waals surface area contributed by atoms with E-state index >= 15 is 0 Å². The van der Waals surface area contributed by atoms with Gasteiger partial charge in [0.2, 0.25) is 0 Å². The molecule has 0 aliphatic carbocycles. The summed E-state index contributed by atoms with van der Waals surface area (Å²) in [6, 6.07) is 3.61. The molecule has 5 nitrogen and oxygen atoms in total. The molecule has 0 bridgehead atoms. The lowest BCUT2D eigenvalue weighted by atomic mass is 10.1. The molecule has 0 aromatic carbocycles. The van der Waals surface area contributed by atoms with Crippen molar-refractivity contribution in [3.63, 3.8) is 0 Å². The number of hydrogen-bond acceptors (Lipinski definition) is 4. The van der Waals surface area contributed by atoms with Gasteiger partial charge in [0.05, 0.1) is 0 Å². The van der Waals surface area contributed by atoms with Crippen molar-refractivity contribution in [2.75, 3.05) is 0 Å². The minimum Gasteiger partial charge on any atom is -0.409 e. The summed E-state index contributed by atoms with van der Waals surface area (Å²) in [6.07, 6.45) is 0.953. The van der Waals surface area contributed by atoms with Gasteiger partial charge in [-0.15, -0.1) is 5.10 Å². The molecule has 1 N–H and O–H groups in total. The summed E-state index contributed by atoms with van der Waals surface area (Å²) in [4.78, 5) is 12.6. The van der Waals surface area contributed by atoms with E-state index in [2.05, 4.69) is 24.0 Å². The Labute approximate surface area is 116 Å². The molecule has 0 atom stereocenters. The van der Waals surface area contributed by atoms with E-state index in [1.165, 1.54) is 0 Å². The summed E-state index contributed by atoms with van der Waals surface area (Å²) < 4.78 is 6.96. The number of rotatable bonds is 4. The predicted octanol–water partition coefficient (Wildman–Crippen LogP) is 2.92. The molecular weight excluding hydrogens is 262 g/mol. The first-order valence-electron chi connectivity index (χ1n) is 6.25. The fourth-order valence-corrected chi connectivity index (χ4v) is 1.97. The van der Waals surface area contributed by atoms with Crippen LogP contribution in [-0.2, 0) is 6.54 Å². The second kappa shape index (κ2) is 5.52. The molecule has 0 saturated heterocycles. The summed E-state index contributed by atoms with van der Waals surface area (Å²) in [6.45, 7) is 6.89. The highest BCUT2D eigenvalue weighted by molar-refractivity contribution is 7.71. The minimum absolute atomic E-state index is 0.0918. The van der Waals surface area contributed by atoms with Gasteiger partial charge in [0.15, 0.2) is 0 Å². The zero-order valence-electron chi connectivity index (χ0n) is 11.3. The molecule has 0 fully saturated rings. The fourth-order valence-electron chi connectivity index (χ4n) is 1.84. The van der Waals surface area contributed by atoms with E-state index in [-0.39, 0.29) is 16.3 Å². The highest BCUT2D eigenvalue weighted by Gasteiger charge is 2.12. The van der Waals surface area contributed by atoms with Crippen molar-refractivity contribution in [3.05, 3.63) is 33.0 Å². The van der Waals surface area contributed by atoms with Gasteiger partial charge < -0.3 is 8.98 Å². The molecule has 6 heteroatoms. The third kappa shape index (κ3) is 3.01. The number of pyridine rings is 1. The second-order valence-corrected chi connectivity index (χ2v) is 5.32. The molecule has 0 spiro atoms. The molecule has 2 aromatic rings. The Morgan fingerprint density at radius 1 is 1.47 bits per heavy atom. The third-order valence-corrected chi connectivity index (χ3v) is 3.17. The molecule has 2 heterocycles. The van der Waals surface area contributed by atoms with Gasteiger partial charge in [0, 0.05) is 12.2 Å². The van der Waals surface area contributed by atoms with Crippen LogP contribution in [0, 0.1) is 17.7 Å². The van der Waals surface area contributed by atoms with Crippen molar-refractivity contribution in [2.24, 2.45) is 5.92 Å². The maximum atomic E-state index is 12.4. The third-order valence-electron chi connectivity index (χ3n) is 2.99. The van der Waals surface area contributed by atoms with Gasteiger partial charge in [-0.25, -0.2) is 5.10 Å². The van der Waals surface area contributed by atoms with Crippen molar-refractivity contribution in [3.8, 4) is 11.5 Å². The van der Waals surface area contributed by atoms with Crippen molar-refractivity contribution < 1.29 is 4.42 Å². The van der Waals surface area contributed by atoms with Crippen molar-refractivity contribution in [1.29, 1.82) is 0 Å². The first-order chi connectivity index (χ1) is 8.99. The van der Waals surface area contributed by atoms with Crippen LogP contribution in [0.25, 0.3) is 11.5 Å². The smallest absolute Gasteiger partial charge is 0.284 e. The van der Waals surface area contributed by atoms with Crippen LogP contribution >= 0.6 is 12.2 Å². The lowest BCUT2D eigenvalue weighted by molar-refractivity contribution is 0.500. The fraction of sp³-hybridized carbons (Fsp3) is 0.462. The Bertz CT molecular complexity index is 682. The Morgan fingerprint density at radius 3 is 2.79 bits per heavy atom. The van der Waals surface area contributed by atoms with Gasteiger partial charge >= 0.3 is 0 Å². The predicted molar refractivity (Wildman–Crippen MR) is 75.6 cm³/mol. The van der Waals surface area contributed by atoms with Crippen LogP contribution in [0.1, 0.15) is 26.0 Å². The largest absolute Gasteiger partial charge is 0.409 e. The molecule has 0 saturated carbocycles. The van der Waals surface area contributed by atoms with E-state index in [1.54, 1.807) is 10.6 Å². The number of aromatic nitrogens is 3. The lowest BCUT2D eigenvalue weighted by Crippen LogP contribution is -2.24. The van der Waals surface area contributed by atoms with Crippen LogP contribution in [0.4, 0.5) is 0 Å². The highest BCUT2D eigenvalue weighted by atomic mass is 32.1. The number of hydrogen-bond donors (Lipinski definition) is 1. The Morgan fingerprint density at radius 2 is 2.21 bits per heavy atom. The maximum Gasteiger partial charge on any atom is 0.284 e. The zero-order chi connectivity index (χ0) is 14.0. The van der Waals surface area contributed by atoms with Crippen molar-refractivity contribution >= 4 is 12.2 Å². The minimum atomic E-state index is -0.0918. The lowest BCUT2D eigenvalue weighted by Gasteiger charge is -2.12. The summed E-state index contributed by atoms with van der Waals surface area (Å²) >= 11 is 4.83. The molecule has 0 aliphatic heterocycles. The zero-order valence-corrected chi connectivity index (χ0v) is 12.1. The van der Waals surface area contributed by atoms with Gasteiger partial charge in [-0.3, -0.25) is 4.79 Å². The number of H-pyrrole nitrogens is 1. The number of aryl methyl sites for hydroxylation is 1. The molecule has 19 heavy (non-hydrogen) atoms. The van der Waals surface area contributed by atoms with E-state index in [0.29, 0.717) is 18.0 Å². The van der Waals surface area contributed by atoms with Crippen molar-refractivity contribution in [2.45, 2.75) is 33.7 Å². The first-order valence-corrected chi connectivity index (χ1v) is 6.66. The van der Waals surface area contributed by atoms with Crippen LogP contribution in [0.5, 0.6) is 0 Å². The summed E-state index contributed by atoms with van der Waals surface area (Å²) in [7, 11) is 0. The molecule has 0 aliphatic rings. The van der Waals surface area contributed by atoms with E-state index in [0.717, 1.165) is 12.1 Å². The Kier molecular flexibility index (Phi) is 3.99. The summed E-state index contributed by atoms with van der Waals surface area (Å²) in [5, 5.41) is 6.43. The maximum absolute atomic E-state index is 12.4. The normalized spacial score (nSPS) is 11.2. The average Bonchev–Trinajstić information content (AvgIpc) is 2.75. The summed E-state index contributed by atoms with van der Waals surface area (Å²) in [5.74, 6) is 0.789. The molecule has 102 valence electrons. The summed E-state index contributed by atoms with van der Waals surface area (Å²) in [5.41, 5.74) is 1.27. The second-order valence-electron chi connectivity index (χ2n) is 4.95. The number of aromatic amines is 1. The van der Waals surface area contributed by atoms with Crippen molar-refractivity contribution in [1.82, 2.24) is 14.8 Å². The SMILES string of the molecule is Cc1ccc(-c2n[nH]c(=S)o2)c(=O)n1CCC(C)C. The molecule has 0 radical (unpaired) electrons. The number of nitrogens with zero attached hydrogens (tertiary/aromatic N) is 2. The molecule has 2 aromatic heterocycles. The van der Waals surface area contributed by atoms with Crippen LogP contribution in [0.3, 0.4) is 0 Å². The Hall–Kier alpha value is -1.69. The van der Waals surface area contributed by atoms with Gasteiger partial charge in [-0.05, 0) is 43.6 Å². The Balaban J connectivity index is 2.45. The van der Waals surface area contributed by atoms with Crippen LogP contribution < -0.4 is 5.56 Å². The van der Waals surface area contributed by atoms with E-state index in [1.807, 2.05) is 13.0 Å². The van der Waals surface area contributed by atoms with Crippen LogP contribution in [0.2, 0.25) is 0 Å². The average molecular weight is 279 g/mol. The standard InChI is InChI=1S/C13H17N3O2S/c1-8(2)6-7-16-9(3)4-5-10(12(16)17)11-14-15-13(19)18-11/h4-5,8H,6-7H2,1-3H3,(H,15,19). The van der Waals surface area contributed by atoms with Gasteiger partial charge in [0.1, 0.15) is 5.56 Å². The number of nitrogens with one attached hydrogen (secondary N) is 1. The quantitative estimate of drug-likeness (QED) is 0.874. The topological polar surface area (TPSA) is 63.8 Å². The van der Waals surface area contributed by atoms with Crippen LogP contribution in [-0.4, -0.2) is 14.8 Å². The first kappa shape index (κ1) is 13.7. The van der Waals surface area contributed by atoms with Gasteiger partial charge in [-0.1, -0.05) is 13.8 Å².